The van der Waals surface area contributed by atoms with Crippen LogP contribution in [0.25, 0.3) is 0 Å². The van der Waals surface area contributed by atoms with Crippen molar-refractivity contribution in [3.8, 4) is 0 Å². The van der Waals surface area contributed by atoms with E-state index in [1.54, 1.807) is 4.90 Å². The van der Waals surface area contributed by atoms with Gasteiger partial charge in [0.15, 0.2) is 0 Å². The van der Waals surface area contributed by atoms with Gasteiger partial charge in [0.05, 0.1) is 0 Å². The van der Waals surface area contributed by atoms with Crippen molar-refractivity contribution >= 4 is 27.7 Å². The number of carboxylic acid groups (broad SMARTS) is 1. The van der Waals surface area contributed by atoms with Gasteiger partial charge in [-0.15, -0.1) is 0 Å². The molecule has 2 unspecified atom stereocenters. The molecule has 2 atom stereocenters. The largest absolute Gasteiger partial charge is 0.465 e. The number of likely N-dealkylation sites (tertiary alicyclic amines) is 1. The molecule has 0 aliphatic carbocycles. The molecule has 122 valence electrons. The van der Waals surface area contributed by atoms with E-state index in [4.69, 9.17) is 0 Å². The summed E-state index contributed by atoms with van der Waals surface area (Å²) in [6, 6.07) is 8.13. The molecule has 0 aromatic heterocycles. The highest BCUT2D eigenvalue weighted by atomic mass is 79.9. The molecule has 4 nitrogen and oxygen atoms in total. The lowest BCUT2D eigenvalue weighted by Crippen LogP contribution is -2.58. The fraction of sp³-hybridized carbons (Fsp3) is 0.588. The van der Waals surface area contributed by atoms with Crippen molar-refractivity contribution in [1.29, 1.82) is 0 Å². The van der Waals surface area contributed by atoms with Crippen LogP contribution in [-0.4, -0.2) is 34.2 Å². The quantitative estimate of drug-likeness (QED) is 0.787. The fourth-order valence-electron chi connectivity index (χ4n) is 3.16. The Balaban J connectivity index is 2.18. The van der Waals surface area contributed by atoms with Crippen molar-refractivity contribution in [3.05, 3.63) is 28.7 Å². The Morgan fingerprint density at radius 2 is 1.95 bits per heavy atom. The molecule has 0 spiro atoms. The summed E-state index contributed by atoms with van der Waals surface area (Å²) in [5.74, 6) is 0. The van der Waals surface area contributed by atoms with E-state index in [-0.39, 0.29) is 17.0 Å². The minimum absolute atomic E-state index is 0.00620. The van der Waals surface area contributed by atoms with Crippen molar-refractivity contribution < 1.29 is 9.90 Å². The van der Waals surface area contributed by atoms with E-state index in [0.29, 0.717) is 6.54 Å². The highest BCUT2D eigenvalue weighted by Crippen LogP contribution is 2.38. The zero-order valence-corrected chi connectivity index (χ0v) is 15.3. The number of piperidine rings is 1. The first-order valence-electron chi connectivity index (χ1n) is 7.64. The van der Waals surface area contributed by atoms with Gasteiger partial charge >= 0.3 is 6.09 Å². The maximum Gasteiger partial charge on any atom is 0.407 e. The van der Waals surface area contributed by atoms with E-state index in [1.165, 1.54) is 0 Å². The molecule has 1 fully saturated rings. The maximum absolute atomic E-state index is 11.5. The van der Waals surface area contributed by atoms with Crippen LogP contribution in [0.3, 0.4) is 0 Å². The number of halogens is 1. The number of carbonyl (C=O) groups is 1. The number of benzene rings is 1. The normalized spacial score (nSPS) is 25.9. The first-order chi connectivity index (χ1) is 10.1. The summed E-state index contributed by atoms with van der Waals surface area (Å²) in [5, 5.41) is 13.1. The van der Waals surface area contributed by atoms with Gasteiger partial charge in [0.25, 0.3) is 0 Å². The molecule has 1 aromatic carbocycles. The minimum Gasteiger partial charge on any atom is -0.465 e. The standard InChI is InChI=1S/C17H25BrN2O2/c1-16(2,3)14-11-17(4,9-10-20(14)15(21)22)19-13-7-5-12(18)6-8-13/h5-8,14,19H,9-11H2,1-4H3,(H,21,22). The summed E-state index contributed by atoms with van der Waals surface area (Å²) < 4.78 is 1.05. The molecule has 2 N–H and O–H groups in total. The molecule has 1 aliphatic heterocycles. The molecule has 0 radical (unpaired) electrons. The van der Waals surface area contributed by atoms with Gasteiger partial charge in [-0.3, -0.25) is 0 Å². The van der Waals surface area contributed by atoms with Crippen molar-refractivity contribution in [1.82, 2.24) is 4.90 Å². The molecule has 2 rings (SSSR count). The van der Waals surface area contributed by atoms with Gasteiger partial charge in [0.1, 0.15) is 0 Å². The van der Waals surface area contributed by atoms with Crippen LogP contribution in [0, 0.1) is 5.41 Å². The Hall–Kier alpha value is -1.23. The van der Waals surface area contributed by atoms with Crippen LogP contribution in [0.1, 0.15) is 40.5 Å². The Morgan fingerprint density at radius 3 is 2.45 bits per heavy atom. The number of hydrogen-bond donors (Lipinski definition) is 2. The zero-order valence-electron chi connectivity index (χ0n) is 13.7. The van der Waals surface area contributed by atoms with Crippen LogP contribution in [0.15, 0.2) is 28.7 Å². The first kappa shape index (κ1) is 17.1. The molecule has 0 saturated carbocycles. The van der Waals surface area contributed by atoms with Crippen LogP contribution in [0.5, 0.6) is 0 Å². The van der Waals surface area contributed by atoms with E-state index >= 15 is 0 Å². The lowest BCUT2D eigenvalue weighted by Gasteiger charge is -2.49. The molecule has 1 saturated heterocycles. The zero-order chi connectivity index (χ0) is 16.5. The third-order valence-electron chi connectivity index (χ3n) is 4.46. The van der Waals surface area contributed by atoms with E-state index in [0.717, 1.165) is 23.0 Å². The molecule has 1 amide bonds. The van der Waals surface area contributed by atoms with Gasteiger partial charge < -0.3 is 15.3 Å². The predicted octanol–water partition coefficient (Wildman–Crippen LogP) is 4.81. The van der Waals surface area contributed by atoms with E-state index in [9.17, 15) is 9.90 Å². The first-order valence-corrected chi connectivity index (χ1v) is 8.43. The molecule has 0 bridgehead atoms. The number of hydrogen-bond acceptors (Lipinski definition) is 2. The van der Waals surface area contributed by atoms with Crippen LogP contribution >= 0.6 is 15.9 Å². The third kappa shape index (κ3) is 3.94. The maximum atomic E-state index is 11.5. The second-order valence-electron chi connectivity index (χ2n) is 7.50. The number of nitrogens with zero attached hydrogens (tertiary/aromatic N) is 1. The lowest BCUT2D eigenvalue weighted by molar-refractivity contribution is 0.0403. The van der Waals surface area contributed by atoms with Crippen LogP contribution in [0.2, 0.25) is 0 Å². The second kappa shape index (κ2) is 6.11. The van der Waals surface area contributed by atoms with Crippen molar-refractivity contribution in [2.75, 3.05) is 11.9 Å². The summed E-state index contributed by atoms with van der Waals surface area (Å²) in [6.45, 7) is 9.08. The highest BCUT2D eigenvalue weighted by Gasteiger charge is 2.43. The SMILES string of the molecule is CC1(Nc2ccc(Br)cc2)CCN(C(=O)O)C(C(C)(C)C)C1. The van der Waals surface area contributed by atoms with Gasteiger partial charge in [-0.25, -0.2) is 4.79 Å². The number of amides is 1. The van der Waals surface area contributed by atoms with Crippen molar-refractivity contribution in [2.24, 2.45) is 5.41 Å². The number of nitrogens with one attached hydrogen (secondary N) is 1. The Labute approximate surface area is 141 Å². The summed E-state index contributed by atoms with van der Waals surface area (Å²) in [4.78, 5) is 13.1. The molecular formula is C17H25BrN2O2. The van der Waals surface area contributed by atoms with Gasteiger partial charge in [-0.2, -0.15) is 0 Å². The molecule has 1 heterocycles. The van der Waals surface area contributed by atoms with Crippen LogP contribution in [-0.2, 0) is 0 Å². The van der Waals surface area contributed by atoms with Crippen LogP contribution in [0.4, 0.5) is 10.5 Å². The van der Waals surface area contributed by atoms with Crippen molar-refractivity contribution in [2.45, 2.75) is 52.1 Å². The smallest absolute Gasteiger partial charge is 0.407 e. The number of rotatable bonds is 2. The Morgan fingerprint density at radius 1 is 1.36 bits per heavy atom. The molecule has 5 heteroatoms. The lowest BCUT2D eigenvalue weighted by atomic mass is 9.74. The fourth-order valence-corrected chi connectivity index (χ4v) is 3.42. The monoisotopic (exact) mass is 368 g/mol. The summed E-state index contributed by atoms with van der Waals surface area (Å²) in [7, 11) is 0. The number of anilines is 1. The third-order valence-corrected chi connectivity index (χ3v) is 4.99. The molecule has 1 aromatic rings. The topological polar surface area (TPSA) is 52.6 Å². The summed E-state index contributed by atoms with van der Waals surface area (Å²) in [6.07, 6.45) is 0.798. The highest BCUT2D eigenvalue weighted by molar-refractivity contribution is 9.10. The van der Waals surface area contributed by atoms with E-state index in [1.807, 2.05) is 24.3 Å². The van der Waals surface area contributed by atoms with Gasteiger partial charge in [-0.05, 0) is 49.4 Å². The Kier molecular flexibility index (Phi) is 4.76. The van der Waals surface area contributed by atoms with Crippen molar-refractivity contribution in [3.63, 3.8) is 0 Å². The van der Waals surface area contributed by atoms with Gasteiger partial charge in [0, 0.05) is 28.3 Å². The molecule has 22 heavy (non-hydrogen) atoms. The predicted molar refractivity (Wildman–Crippen MR) is 93.4 cm³/mol. The summed E-state index contributed by atoms with van der Waals surface area (Å²) in [5.41, 5.74) is 0.890. The summed E-state index contributed by atoms with van der Waals surface area (Å²) >= 11 is 3.44. The van der Waals surface area contributed by atoms with E-state index < -0.39 is 6.09 Å². The Bertz CT molecular complexity index is 539. The second-order valence-corrected chi connectivity index (χ2v) is 8.42. The minimum atomic E-state index is -0.814. The van der Waals surface area contributed by atoms with E-state index in [2.05, 4.69) is 48.9 Å². The average molecular weight is 369 g/mol. The average Bonchev–Trinajstić information content (AvgIpc) is 2.40. The van der Waals surface area contributed by atoms with Gasteiger partial charge in [0.2, 0.25) is 0 Å². The molecular weight excluding hydrogens is 344 g/mol. The van der Waals surface area contributed by atoms with Crippen LogP contribution < -0.4 is 5.32 Å². The molecule has 1 aliphatic rings. The van der Waals surface area contributed by atoms with Gasteiger partial charge in [-0.1, -0.05) is 36.7 Å².